The summed E-state index contributed by atoms with van der Waals surface area (Å²) >= 11 is 0. The first-order chi connectivity index (χ1) is 18.6. The van der Waals surface area contributed by atoms with Gasteiger partial charge in [0.15, 0.2) is 0 Å². The van der Waals surface area contributed by atoms with Crippen molar-refractivity contribution in [3.05, 3.63) is 65.2 Å². The van der Waals surface area contributed by atoms with Crippen molar-refractivity contribution >= 4 is 17.5 Å². The van der Waals surface area contributed by atoms with E-state index in [9.17, 15) is 14.7 Å². The van der Waals surface area contributed by atoms with Gasteiger partial charge in [0.05, 0.1) is 12.1 Å². The average Bonchev–Trinajstić information content (AvgIpc) is 3.64. The van der Waals surface area contributed by atoms with Gasteiger partial charge in [0, 0.05) is 36.8 Å². The van der Waals surface area contributed by atoms with Crippen molar-refractivity contribution in [3.63, 3.8) is 0 Å². The number of aliphatic hydroxyl groups is 1. The van der Waals surface area contributed by atoms with Gasteiger partial charge in [-0.2, -0.15) is 0 Å². The first-order valence-electron chi connectivity index (χ1n) is 14.8. The van der Waals surface area contributed by atoms with Crippen molar-refractivity contribution in [1.29, 1.82) is 0 Å². The summed E-state index contributed by atoms with van der Waals surface area (Å²) in [5.74, 6) is 0.381. The van der Waals surface area contributed by atoms with Crippen LogP contribution in [0.5, 0.6) is 0 Å². The molecule has 1 saturated heterocycles. The lowest BCUT2D eigenvalue weighted by Gasteiger charge is -2.29. The lowest BCUT2D eigenvalue weighted by atomic mass is 9.94. The molecule has 1 aliphatic heterocycles. The molecule has 3 N–H and O–H groups in total. The van der Waals surface area contributed by atoms with E-state index in [-0.39, 0.29) is 11.8 Å². The second kappa shape index (κ2) is 12.9. The lowest BCUT2D eigenvalue weighted by Crippen LogP contribution is -2.50. The molecule has 0 aromatic heterocycles. The summed E-state index contributed by atoms with van der Waals surface area (Å²) < 4.78 is 0. The van der Waals surface area contributed by atoms with Gasteiger partial charge >= 0.3 is 0 Å². The number of anilines is 1. The number of hydrogen-bond acceptors (Lipinski definition) is 4. The van der Waals surface area contributed by atoms with E-state index in [2.05, 4.69) is 16.7 Å². The van der Waals surface area contributed by atoms with Crippen LogP contribution in [-0.4, -0.2) is 48.2 Å². The van der Waals surface area contributed by atoms with Crippen LogP contribution in [0.15, 0.2) is 48.5 Å². The molecule has 1 heterocycles. The normalized spacial score (nSPS) is 20.6. The fourth-order valence-electron chi connectivity index (χ4n) is 6.48. The second-order valence-electron chi connectivity index (χ2n) is 11.5. The summed E-state index contributed by atoms with van der Waals surface area (Å²) in [6.07, 6.45) is 12.0. The summed E-state index contributed by atoms with van der Waals surface area (Å²) in [7, 11) is 0. The molecule has 2 aromatic rings. The third kappa shape index (κ3) is 6.83. The van der Waals surface area contributed by atoms with Gasteiger partial charge in [-0.25, -0.2) is 0 Å². The van der Waals surface area contributed by atoms with Crippen LogP contribution in [0.1, 0.15) is 98.0 Å². The predicted octanol–water partition coefficient (Wildman–Crippen LogP) is 5.10. The highest BCUT2D eigenvalue weighted by molar-refractivity contribution is 5.99. The Morgan fingerprint density at radius 1 is 0.947 bits per heavy atom. The Kier molecular flexibility index (Phi) is 9.13. The van der Waals surface area contributed by atoms with Crippen molar-refractivity contribution in [2.45, 2.75) is 101 Å². The highest BCUT2D eigenvalue weighted by Crippen LogP contribution is 2.37. The number of nitrogens with zero attached hydrogens (tertiary/aromatic N) is 1. The molecule has 2 aliphatic carbocycles. The number of carbonyl (C=O) groups excluding carboxylic acids is 2. The molecule has 5 rings (SSSR count). The molecule has 6 heteroatoms. The predicted molar refractivity (Wildman–Crippen MR) is 152 cm³/mol. The van der Waals surface area contributed by atoms with E-state index in [1.165, 1.54) is 32.1 Å². The molecule has 0 radical (unpaired) electrons. The molecular formula is C32H43N3O3. The fraction of sp³-hybridized carbons (Fsp3) is 0.562. The Bertz CT molecular complexity index is 1080. The number of rotatable bonds is 10. The number of hydrogen-bond donors (Lipinski definition) is 3. The quantitative estimate of drug-likeness (QED) is 0.410. The summed E-state index contributed by atoms with van der Waals surface area (Å²) in [6, 6.07) is 16.1. The van der Waals surface area contributed by atoms with E-state index in [0.29, 0.717) is 43.5 Å². The summed E-state index contributed by atoms with van der Waals surface area (Å²) in [4.78, 5) is 28.1. The van der Waals surface area contributed by atoms with Gasteiger partial charge in [0.25, 0.3) is 5.91 Å². The van der Waals surface area contributed by atoms with E-state index in [4.69, 9.17) is 0 Å². The molecule has 0 spiro atoms. The van der Waals surface area contributed by atoms with Crippen molar-refractivity contribution < 1.29 is 14.7 Å². The molecule has 3 aliphatic rings. The van der Waals surface area contributed by atoms with Crippen molar-refractivity contribution in [2.75, 3.05) is 18.0 Å². The van der Waals surface area contributed by atoms with E-state index in [0.717, 1.165) is 48.9 Å². The Morgan fingerprint density at radius 2 is 1.68 bits per heavy atom. The molecule has 2 saturated carbocycles. The molecule has 2 aromatic carbocycles. The number of nitrogens with one attached hydrogen (secondary N) is 2. The van der Waals surface area contributed by atoms with Gasteiger partial charge in [-0.15, -0.1) is 0 Å². The lowest BCUT2D eigenvalue weighted by molar-refractivity contribution is -0.117. The third-order valence-corrected chi connectivity index (χ3v) is 8.71. The zero-order valence-electron chi connectivity index (χ0n) is 22.5. The Balaban J connectivity index is 1.35. The average molecular weight is 518 g/mol. The molecule has 2 amide bonds. The van der Waals surface area contributed by atoms with Crippen LogP contribution in [0.3, 0.4) is 0 Å². The molecule has 0 bridgehead atoms. The summed E-state index contributed by atoms with van der Waals surface area (Å²) in [5, 5.41) is 18.0. The maximum atomic E-state index is 13.7. The fourth-order valence-corrected chi connectivity index (χ4v) is 6.48. The van der Waals surface area contributed by atoms with Crippen LogP contribution in [0.4, 0.5) is 5.69 Å². The monoisotopic (exact) mass is 517 g/mol. The van der Waals surface area contributed by atoms with Gasteiger partial charge in [0.2, 0.25) is 5.91 Å². The number of benzene rings is 2. The minimum atomic E-state index is -0.710. The van der Waals surface area contributed by atoms with Crippen molar-refractivity contribution in [3.8, 4) is 0 Å². The highest BCUT2D eigenvalue weighted by atomic mass is 16.3. The van der Waals surface area contributed by atoms with Crippen molar-refractivity contribution in [1.82, 2.24) is 10.6 Å². The summed E-state index contributed by atoms with van der Waals surface area (Å²) in [5.41, 5.74) is 3.65. The maximum Gasteiger partial charge on any atom is 0.251 e. The third-order valence-electron chi connectivity index (χ3n) is 8.71. The van der Waals surface area contributed by atoms with Crippen LogP contribution < -0.4 is 15.5 Å². The van der Waals surface area contributed by atoms with Crippen LogP contribution in [0.25, 0.3) is 0 Å². The molecular weight excluding hydrogens is 474 g/mol. The largest absolute Gasteiger partial charge is 0.390 e. The Labute approximate surface area is 227 Å². The molecule has 3 fully saturated rings. The molecule has 38 heavy (non-hydrogen) atoms. The standard InChI is InChI=1S/C32H43N3O3/c36-30(22-33-27-14-5-2-6-15-27)29(18-23-10-3-1-4-11-23)34-32(38)26-19-25(24-12-7-8-13-24)20-28(21-26)35-17-9-16-31(35)37/h1,3-4,10-11,19-21,24,27,29-30,33,36H,2,5-9,12-18,22H2,(H,34,38). The zero-order valence-corrected chi connectivity index (χ0v) is 22.5. The van der Waals surface area contributed by atoms with E-state index < -0.39 is 12.1 Å². The SMILES string of the molecule is O=C(NC(Cc1ccccc1)C(O)CNC1CCCCC1)c1cc(C2CCCC2)cc(N2CCCC2=O)c1. The van der Waals surface area contributed by atoms with Crippen LogP contribution >= 0.6 is 0 Å². The number of amides is 2. The highest BCUT2D eigenvalue weighted by Gasteiger charge is 2.28. The van der Waals surface area contributed by atoms with Gasteiger partial charge in [-0.3, -0.25) is 9.59 Å². The van der Waals surface area contributed by atoms with Crippen LogP contribution in [0.2, 0.25) is 0 Å². The summed E-state index contributed by atoms with van der Waals surface area (Å²) in [6.45, 7) is 1.16. The molecule has 204 valence electrons. The molecule has 6 nitrogen and oxygen atoms in total. The topological polar surface area (TPSA) is 81.7 Å². The van der Waals surface area contributed by atoms with Crippen molar-refractivity contribution in [2.24, 2.45) is 0 Å². The first-order valence-corrected chi connectivity index (χ1v) is 14.8. The Morgan fingerprint density at radius 3 is 2.39 bits per heavy atom. The number of carbonyl (C=O) groups is 2. The minimum Gasteiger partial charge on any atom is -0.390 e. The minimum absolute atomic E-state index is 0.131. The maximum absolute atomic E-state index is 13.7. The van der Waals surface area contributed by atoms with Gasteiger partial charge in [0.1, 0.15) is 0 Å². The first kappa shape index (κ1) is 26.9. The second-order valence-corrected chi connectivity index (χ2v) is 11.5. The van der Waals surface area contributed by atoms with E-state index >= 15 is 0 Å². The molecule has 2 atom stereocenters. The van der Waals surface area contributed by atoms with Crippen LogP contribution in [0, 0.1) is 0 Å². The van der Waals surface area contributed by atoms with Gasteiger partial charge in [-0.1, -0.05) is 62.4 Å². The van der Waals surface area contributed by atoms with Gasteiger partial charge in [-0.05, 0) is 73.8 Å². The van der Waals surface area contributed by atoms with E-state index in [1.807, 2.05) is 47.4 Å². The molecule has 2 unspecified atom stereocenters. The zero-order chi connectivity index (χ0) is 26.3. The Hall–Kier alpha value is -2.70. The van der Waals surface area contributed by atoms with Crippen LogP contribution in [-0.2, 0) is 11.2 Å². The number of aliphatic hydroxyl groups excluding tert-OH is 1. The smallest absolute Gasteiger partial charge is 0.251 e. The van der Waals surface area contributed by atoms with Gasteiger partial charge < -0.3 is 20.6 Å². The van der Waals surface area contributed by atoms with E-state index in [1.54, 1.807) is 0 Å².